The summed E-state index contributed by atoms with van der Waals surface area (Å²) in [4.78, 5) is 8.56. The van der Waals surface area contributed by atoms with Gasteiger partial charge in [-0.25, -0.2) is 0 Å². The van der Waals surface area contributed by atoms with Crippen molar-refractivity contribution in [3.05, 3.63) is 90.5 Å². The molecule has 0 aliphatic heterocycles. The van der Waals surface area contributed by atoms with Crippen LogP contribution in [-0.2, 0) is 17.8 Å². The van der Waals surface area contributed by atoms with Crippen LogP contribution in [0.1, 0.15) is 17.8 Å². The first-order valence-corrected chi connectivity index (χ1v) is 10.5. The van der Waals surface area contributed by atoms with Crippen molar-refractivity contribution in [2.45, 2.75) is 31.9 Å². The van der Waals surface area contributed by atoms with Gasteiger partial charge in [0.25, 0.3) is 0 Å². The molecule has 0 radical (unpaired) electrons. The Kier molecular flexibility index (Phi) is 9.92. The van der Waals surface area contributed by atoms with E-state index in [1.165, 1.54) is 0 Å². The summed E-state index contributed by atoms with van der Waals surface area (Å²) >= 11 is 0. The zero-order valence-corrected chi connectivity index (χ0v) is 17.6. The van der Waals surface area contributed by atoms with E-state index in [4.69, 9.17) is 9.47 Å². The van der Waals surface area contributed by atoms with E-state index >= 15 is 0 Å². The number of benzene rings is 1. The summed E-state index contributed by atoms with van der Waals surface area (Å²) < 4.78 is 11.8. The number of aliphatic hydroxyl groups is 1. The molecular formula is C24H30N4O3. The molecule has 0 bridgehead atoms. The Labute approximate surface area is 183 Å². The van der Waals surface area contributed by atoms with E-state index < -0.39 is 12.4 Å². The van der Waals surface area contributed by atoms with E-state index in [1.54, 1.807) is 12.4 Å². The fourth-order valence-corrected chi connectivity index (χ4v) is 2.92. The Morgan fingerprint density at radius 3 is 2.10 bits per heavy atom. The lowest BCUT2D eigenvalue weighted by molar-refractivity contribution is -0.144. The van der Waals surface area contributed by atoms with Crippen LogP contribution in [0.25, 0.3) is 0 Å². The summed E-state index contributed by atoms with van der Waals surface area (Å²) in [6.45, 7) is 2.84. The fourth-order valence-electron chi connectivity index (χ4n) is 2.92. The zero-order chi connectivity index (χ0) is 21.6. The van der Waals surface area contributed by atoms with Crippen LogP contribution in [0.5, 0.6) is 5.75 Å². The molecule has 2 aromatic heterocycles. The van der Waals surface area contributed by atoms with Gasteiger partial charge in [0.05, 0.1) is 18.0 Å². The molecule has 2 atom stereocenters. The first-order valence-electron chi connectivity index (χ1n) is 10.5. The highest BCUT2D eigenvalue weighted by atomic mass is 16.7. The smallest absolute Gasteiger partial charge is 0.227 e. The van der Waals surface area contributed by atoms with Crippen molar-refractivity contribution >= 4 is 0 Å². The summed E-state index contributed by atoms with van der Waals surface area (Å²) in [7, 11) is 0. The molecule has 2 unspecified atom stereocenters. The van der Waals surface area contributed by atoms with E-state index in [0.717, 1.165) is 24.4 Å². The monoisotopic (exact) mass is 422 g/mol. The van der Waals surface area contributed by atoms with Gasteiger partial charge in [0.15, 0.2) is 0 Å². The summed E-state index contributed by atoms with van der Waals surface area (Å²) in [6, 6.07) is 21.0. The molecule has 0 fully saturated rings. The van der Waals surface area contributed by atoms with Crippen molar-refractivity contribution in [3.8, 4) is 5.75 Å². The normalized spacial score (nSPS) is 12.9. The molecule has 3 N–H and O–H groups in total. The standard InChI is InChI=1S/C24H30N4O3/c29-23(19-26-18-21-10-5-7-15-28-21)24(31-22-11-2-1-3-12-22)30-16-8-13-25-17-20-9-4-6-14-27-20/h1-7,9-12,14-15,23-26,29H,8,13,16-19H2. The number of aliphatic hydroxyl groups excluding tert-OH is 1. The SMILES string of the molecule is OC(CNCc1ccccn1)C(OCCCNCc1ccccn1)Oc1ccccc1. The number of nitrogens with zero attached hydrogens (tertiary/aromatic N) is 2. The first-order chi connectivity index (χ1) is 15.3. The van der Waals surface area contributed by atoms with Gasteiger partial charge >= 0.3 is 0 Å². The van der Waals surface area contributed by atoms with Gasteiger partial charge in [-0.2, -0.15) is 0 Å². The first kappa shape index (κ1) is 22.8. The van der Waals surface area contributed by atoms with E-state index in [1.807, 2.05) is 66.7 Å². The van der Waals surface area contributed by atoms with E-state index in [9.17, 15) is 5.11 Å². The van der Waals surface area contributed by atoms with Crippen molar-refractivity contribution in [2.75, 3.05) is 19.7 Å². The van der Waals surface area contributed by atoms with Gasteiger partial charge in [-0.1, -0.05) is 30.3 Å². The van der Waals surface area contributed by atoms with E-state index in [0.29, 0.717) is 32.0 Å². The van der Waals surface area contributed by atoms with Crippen LogP contribution >= 0.6 is 0 Å². The van der Waals surface area contributed by atoms with Crippen LogP contribution in [0.4, 0.5) is 0 Å². The second-order valence-corrected chi connectivity index (χ2v) is 7.04. The van der Waals surface area contributed by atoms with E-state index in [2.05, 4.69) is 20.6 Å². The van der Waals surface area contributed by atoms with Gasteiger partial charge < -0.3 is 25.2 Å². The highest BCUT2D eigenvalue weighted by molar-refractivity contribution is 5.21. The van der Waals surface area contributed by atoms with Crippen LogP contribution in [0.2, 0.25) is 0 Å². The molecule has 164 valence electrons. The van der Waals surface area contributed by atoms with E-state index in [-0.39, 0.29) is 0 Å². The van der Waals surface area contributed by atoms with Gasteiger partial charge in [0.1, 0.15) is 11.9 Å². The van der Waals surface area contributed by atoms with Gasteiger partial charge in [0.2, 0.25) is 6.29 Å². The second-order valence-electron chi connectivity index (χ2n) is 7.04. The van der Waals surface area contributed by atoms with Crippen molar-refractivity contribution in [2.24, 2.45) is 0 Å². The van der Waals surface area contributed by atoms with Crippen LogP contribution in [0.3, 0.4) is 0 Å². The van der Waals surface area contributed by atoms with Gasteiger partial charge in [-0.05, 0) is 49.4 Å². The second kappa shape index (κ2) is 13.5. The Bertz CT molecular complexity index is 837. The minimum atomic E-state index is -0.828. The fraction of sp³-hybridized carbons (Fsp3) is 0.333. The van der Waals surface area contributed by atoms with Crippen molar-refractivity contribution in [3.63, 3.8) is 0 Å². The number of para-hydroxylation sites is 1. The van der Waals surface area contributed by atoms with Crippen LogP contribution < -0.4 is 15.4 Å². The molecule has 3 aromatic rings. The molecule has 0 saturated carbocycles. The molecular weight excluding hydrogens is 392 g/mol. The molecule has 1 aromatic carbocycles. The predicted octanol–water partition coefficient (Wildman–Crippen LogP) is 2.53. The Morgan fingerprint density at radius 1 is 0.806 bits per heavy atom. The molecule has 0 aliphatic carbocycles. The largest absolute Gasteiger partial charge is 0.462 e. The van der Waals surface area contributed by atoms with Crippen molar-refractivity contribution in [1.29, 1.82) is 0 Å². The van der Waals surface area contributed by atoms with Crippen LogP contribution in [-0.4, -0.2) is 47.2 Å². The minimum Gasteiger partial charge on any atom is -0.462 e. The number of rotatable bonds is 14. The van der Waals surface area contributed by atoms with Crippen LogP contribution in [0, 0.1) is 0 Å². The number of pyridine rings is 2. The highest BCUT2D eigenvalue weighted by Gasteiger charge is 2.21. The maximum Gasteiger partial charge on any atom is 0.227 e. The predicted molar refractivity (Wildman–Crippen MR) is 119 cm³/mol. The third kappa shape index (κ3) is 8.82. The molecule has 0 amide bonds. The quantitative estimate of drug-likeness (QED) is 0.272. The summed E-state index contributed by atoms with van der Waals surface area (Å²) in [6.07, 6.45) is 2.73. The molecule has 3 rings (SSSR count). The molecule has 2 heterocycles. The number of hydrogen-bond donors (Lipinski definition) is 3. The lowest BCUT2D eigenvalue weighted by Crippen LogP contribution is -2.41. The van der Waals surface area contributed by atoms with Gasteiger partial charge in [-0.15, -0.1) is 0 Å². The maximum absolute atomic E-state index is 10.6. The molecule has 0 saturated heterocycles. The number of ether oxygens (including phenoxy) is 2. The average molecular weight is 423 g/mol. The molecule has 0 aliphatic rings. The highest BCUT2D eigenvalue weighted by Crippen LogP contribution is 2.14. The molecule has 7 heteroatoms. The summed E-state index contributed by atoms with van der Waals surface area (Å²) in [5.74, 6) is 0.657. The van der Waals surface area contributed by atoms with Gasteiger partial charge in [-0.3, -0.25) is 9.97 Å². The Morgan fingerprint density at radius 2 is 1.45 bits per heavy atom. The lowest BCUT2D eigenvalue weighted by atomic mass is 10.3. The van der Waals surface area contributed by atoms with Gasteiger partial charge in [0, 0.05) is 32.0 Å². The summed E-state index contributed by atoms with van der Waals surface area (Å²) in [5, 5.41) is 17.2. The van der Waals surface area contributed by atoms with Crippen molar-refractivity contribution in [1.82, 2.24) is 20.6 Å². The topological polar surface area (TPSA) is 88.5 Å². The molecule has 0 spiro atoms. The molecule has 31 heavy (non-hydrogen) atoms. The molecule has 7 nitrogen and oxygen atoms in total. The summed E-state index contributed by atoms with van der Waals surface area (Å²) in [5.41, 5.74) is 1.92. The third-order valence-corrected chi connectivity index (χ3v) is 4.51. The lowest BCUT2D eigenvalue weighted by Gasteiger charge is -2.24. The third-order valence-electron chi connectivity index (χ3n) is 4.51. The number of hydrogen-bond acceptors (Lipinski definition) is 7. The average Bonchev–Trinajstić information content (AvgIpc) is 2.82. The minimum absolute atomic E-state index is 0.325. The maximum atomic E-state index is 10.6. The Hall–Kier alpha value is -2.84. The Balaban J connectivity index is 1.41. The number of aromatic nitrogens is 2. The zero-order valence-electron chi connectivity index (χ0n) is 17.6. The van der Waals surface area contributed by atoms with Crippen molar-refractivity contribution < 1.29 is 14.6 Å². The van der Waals surface area contributed by atoms with Crippen LogP contribution in [0.15, 0.2) is 79.1 Å². The number of nitrogens with one attached hydrogen (secondary N) is 2.